The van der Waals surface area contributed by atoms with Gasteiger partial charge in [-0.15, -0.1) is 0 Å². The van der Waals surface area contributed by atoms with Crippen molar-refractivity contribution in [2.75, 3.05) is 14.2 Å². The van der Waals surface area contributed by atoms with Gasteiger partial charge in [-0.3, -0.25) is 4.79 Å². The molecule has 0 radical (unpaired) electrons. The van der Waals surface area contributed by atoms with Gasteiger partial charge in [0.25, 0.3) is 0 Å². The molecule has 0 bridgehead atoms. The number of aromatic hydroxyl groups is 1. The van der Waals surface area contributed by atoms with Crippen molar-refractivity contribution in [3.8, 4) is 17.2 Å². The number of aromatic amines is 1. The molecule has 2 aromatic rings. The van der Waals surface area contributed by atoms with Crippen molar-refractivity contribution in [1.29, 1.82) is 0 Å². The Morgan fingerprint density at radius 3 is 2.47 bits per heavy atom. The number of aromatic nitrogens is 1. The van der Waals surface area contributed by atoms with Crippen molar-refractivity contribution in [3.05, 3.63) is 28.0 Å². The van der Waals surface area contributed by atoms with E-state index in [9.17, 15) is 14.7 Å². The van der Waals surface area contributed by atoms with E-state index in [4.69, 9.17) is 14.6 Å². The fourth-order valence-electron chi connectivity index (χ4n) is 1.84. The van der Waals surface area contributed by atoms with Crippen LogP contribution in [0.2, 0.25) is 0 Å². The summed E-state index contributed by atoms with van der Waals surface area (Å²) in [4.78, 5) is 25.5. The summed E-state index contributed by atoms with van der Waals surface area (Å²) in [5.41, 5.74) is -0.706. The highest BCUT2D eigenvalue weighted by Crippen LogP contribution is 2.38. The van der Waals surface area contributed by atoms with Crippen LogP contribution >= 0.6 is 0 Å². The minimum atomic E-state index is -1.27. The van der Waals surface area contributed by atoms with Crippen LogP contribution in [-0.4, -0.2) is 35.4 Å². The highest BCUT2D eigenvalue weighted by atomic mass is 16.5. The predicted octanol–water partition coefficient (Wildman–Crippen LogP) is 0.949. The summed E-state index contributed by atoms with van der Waals surface area (Å²) in [6, 6.07) is 2.16. The number of hydrogen-bond acceptors (Lipinski definition) is 5. The quantitative estimate of drug-likeness (QED) is 0.762. The van der Waals surface area contributed by atoms with Gasteiger partial charge in [-0.05, 0) is 0 Å². The van der Waals surface area contributed by atoms with Gasteiger partial charge in [0.05, 0.1) is 25.1 Å². The molecular weight excluding hydrogens is 254 g/mol. The first kappa shape index (κ1) is 12.7. The van der Waals surface area contributed by atoms with E-state index in [1.54, 1.807) is 0 Å². The average molecular weight is 265 g/mol. The zero-order valence-electron chi connectivity index (χ0n) is 10.2. The Hall–Kier alpha value is -2.70. The van der Waals surface area contributed by atoms with Crippen molar-refractivity contribution in [3.63, 3.8) is 0 Å². The number of methoxy groups -OCH3 is 2. The largest absolute Gasteiger partial charge is 0.504 e. The van der Waals surface area contributed by atoms with E-state index in [1.807, 2.05) is 0 Å². The lowest BCUT2D eigenvalue weighted by atomic mass is 10.1. The van der Waals surface area contributed by atoms with Crippen LogP contribution < -0.4 is 14.9 Å². The Bertz CT molecular complexity index is 718. The van der Waals surface area contributed by atoms with Crippen molar-refractivity contribution < 1.29 is 24.5 Å². The lowest BCUT2D eigenvalue weighted by Crippen LogP contribution is -2.11. The second-order valence-electron chi connectivity index (χ2n) is 3.73. The van der Waals surface area contributed by atoms with E-state index in [-0.39, 0.29) is 33.8 Å². The number of phenolic OH excluding ortho intramolecular Hbond substituents is 1. The van der Waals surface area contributed by atoms with Gasteiger partial charge >= 0.3 is 5.97 Å². The van der Waals surface area contributed by atoms with Gasteiger partial charge in [-0.2, -0.15) is 0 Å². The molecule has 0 saturated carbocycles. The van der Waals surface area contributed by atoms with Crippen LogP contribution in [0.15, 0.2) is 16.9 Å². The highest BCUT2D eigenvalue weighted by Gasteiger charge is 2.18. The van der Waals surface area contributed by atoms with Gasteiger partial charge in [0.1, 0.15) is 11.4 Å². The molecular formula is C12H11NO6. The number of carboxylic acids is 1. The summed E-state index contributed by atoms with van der Waals surface area (Å²) >= 11 is 0. The van der Waals surface area contributed by atoms with Crippen LogP contribution in [0.25, 0.3) is 10.9 Å². The number of hydrogen-bond donors (Lipinski definition) is 3. The Morgan fingerprint density at radius 2 is 1.95 bits per heavy atom. The van der Waals surface area contributed by atoms with Crippen molar-refractivity contribution in [2.24, 2.45) is 0 Å². The number of carboxylic acid groups (broad SMARTS) is 1. The molecule has 0 aliphatic carbocycles. The monoisotopic (exact) mass is 265 g/mol. The Labute approximate surface area is 107 Å². The molecule has 1 heterocycles. The maximum Gasteiger partial charge on any atom is 0.352 e. The Morgan fingerprint density at radius 1 is 1.26 bits per heavy atom. The van der Waals surface area contributed by atoms with Gasteiger partial charge in [-0.1, -0.05) is 0 Å². The van der Waals surface area contributed by atoms with Gasteiger partial charge in [0, 0.05) is 12.1 Å². The van der Waals surface area contributed by atoms with Crippen molar-refractivity contribution >= 4 is 16.9 Å². The van der Waals surface area contributed by atoms with Crippen LogP contribution in [0.3, 0.4) is 0 Å². The number of nitrogens with one attached hydrogen (secondary N) is 1. The summed E-state index contributed by atoms with van der Waals surface area (Å²) in [5.74, 6) is -1.42. The van der Waals surface area contributed by atoms with Gasteiger partial charge < -0.3 is 24.7 Å². The molecule has 0 aliphatic heterocycles. The number of H-pyrrole nitrogens is 1. The minimum absolute atomic E-state index is 0.0318. The van der Waals surface area contributed by atoms with E-state index in [0.29, 0.717) is 0 Å². The summed E-state index contributed by atoms with van der Waals surface area (Å²) in [6.07, 6.45) is 0. The van der Waals surface area contributed by atoms with Gasteiger partial charge in [0.15, 0.2) is 16.9 Å². The molecule has 0 aliphatic rings. The molecule has 0 unspecified atom stereocenters. The maximum absolute atomic E-state index is 12.0. The molecule has 7 nitrogen and oxygen atoms in total. The number of pyridine rings is 1. The fourth-order valence-corrected chi connectivity index (χ4v) is 1.84. The molecule has 3 N–H and O–H groups in total. The van der Waals surface area contributed by atoms with E-state index < -0.39 is 11.4 Å². The van der Waals surface area contributed by atoms with Crippen LogP contribution in [0.4, 0.5) is 0 Å². The summed E-state index contributed by atoms with van der Waals surface area (Å²) < 4.78 is 9.98. The summed E-state index contributed by atoms with van der Waals surface area (Å²) in [6.45, 7) is 0. The molecule has 0 atom stereocenters. The molecule has 100 valence electrons. The minimum Gasteiger partial charge on any atom is -0.504 e. The smallest absolute Gasteiger partial charge is 0.352 e. The number of rotatable bonds is 3. The van der Waals surface area contributed by atoms with Crippen LogP contribution in [0, 0.1) is 0 Å². The third-order valence-electron chi connectivity index (χ3n) is 2.66. The Balaban J connectivity index is 2.99. The molecule has 2 rings (SSSR count). The normalized spacial score (nSPS) is 10.4. The molecule has 1 aromatic heterocycles. The topological polar surface area (TPSA) is 109 Å². The van der Waals surface area contributed by atoms with Crippen LogP contribution in [0.5, 0.6) is 17.2 Å². The first-order valence-corrected chi connectivity index (χ1v) is 5.23. The van der Waals surface area contributed by atoms with Crippen molar-refractivity contribution in [1.82, 2.24) is 4.98 Å². The SMILES string of the molecule is COc1cc(O)c(OC)c2c(=O)cc(C(=O)O)[nH]c12. The first-order chi connectivity index (χ1) is 8.99. The van der Waals surface area contributed by atoms with Crippen LogP contribution in [-0.2, 0) is 0 Å². The predicted molar refractivity (Wildman–Crippen MR) is 66.3 cm³/mol. The molecule has 0 spiro atoms. The maximum atomic E-state index is 12.0. The standard InChI is InChI=1S/C12H11NO6/c1-18-8-4-7(15)11(19-2)9-6(14)3-5(12(16)17)13-10(8)9/h3-4,15H,1-2H3,(H,13,14)(H,16,17). The summed E-state index contributed by atoms with van der Waals surface area (Å²) in [5, 5.41) is 18.7. The fraction of sp³-hybridized carbons (Fsp3) is 0.167. The highest BCUT2D eigenvalue weighted by molar-refractivity contribution is 5.96. The Kier molecular flexibility index (Phi) is 3.04. The zero-order valence-corrected chi connectivity index (χ0v) is 10.2. The number of carbonyl (C=O) groups is 1. The molecule has 7 heteroatoms. The third kappa shape index (κ3) is 1.95. The van der Waals surface area contributed by atoms with E-state index in [2.05, 4.69) is 4.98 Å². The number of benzene rings is 1. The van der Waals surface area contributed by atoms with Crippen LogP contribution in [0.1, 0.15) is 10.5 Å². The number of aromatic carboxylic acids is 1. The third-order valence-corrected chi connectivity index (χ3v) is 2.66. The van der Waals surface area contributed by atoms with E-state index >= 15 is 0 Å². The van der Waals surface area contributed by atoms with Gasteiger partial charge in [0.2, 0.25) is 0 Å². The first-order valence-electron chi connectivity index (χ1n) is 5.23. The molecule has 1 aromatic carbocycles. The number of fused-ring (bicyclic) bond motifs is 1. The lowest BCUT2D eigenvalue weighted by molar-refractivity contribution is 0.0691. The second kappa shape index (κ2) is 4.52. The van der Waals surface area contributed by atoms with E-state index in [1.165, 1.54) is 20.3 Å². The molecule has 19 heavy (non-hydrogen) atoms. The molecule has 0 saturated heterocycles. The van der Waals surface area contributed by atoms with Gasteiger partial charge in [-0.25, -0.2) is 4.79 Å². The lowest BCUT2D eigenvalue weighted by Gasteiger charge is -2.11. The zero-order chi connectivity index (χ0) is 14.2. The number of ether oxygens (including phenoxy) is 2. The van der Waals surface area contributed by atoms with Crippen molar-refractivity contribution in [2.45, 2.75) is 0 Å². The summed E-state index contributed by atoms with van der Waals surface area (Å²) in [7, 11) is 2.64. The number of phenols is 1. The molecule has 0 amide bonds. The second-order valence-corrected chi connectivity index (χ2v) is 3.73. The average Bonchev–Trinajstić information content (AvgIpc) is 2.38. The molecule has 0 fully saturated rings. The van der Waals surface area contributed by atoms with E-state index in [0.717, 1.165) is 6.07 Å².